The van der Waals surface area contributed by atoms with Gasteiger partial charge in [0.1, 0.15) is 24.4 Å². The van der Waals surface area contributed by atoms with Crippen LogP contribution in [0.15, 0.2) is 72.9 Å². The third kappa shape index (κ3) is 14.1. The molecule has 6 amide bonds. The van der Waals surface area contributed by atoms with Crippen LogP contribution in [-0.4, -0.2) is 127 Å². The standard InChI is InChI=1S/C46H59F3N6O7SSi/c1-46(2,3)44(38-22-32(35-23-34(47)12-13-36(35)48)25-52(38)24-31-10-8-7-9-11-31)55(27-33-26-53(28-37(33)49)45(61)62-19-21-64(4,5)6)43(60)30-63-20-16-39(56)50-17-18-51-40(57)29-54-41(58)14-15-42(54)59/h7-15,22-23,25,33,37,44H,16-21,24,26-30H2,1-6H3,(H,50,56)(H,51,57)/t33-,37-,44?/m0/s1. The van der Waals surface area contributed by atoms with Crippen LogP contribution >= 0.6 is 11.8 Å². The van der Waals surface area contributed by atoms with Crippen LogP contribution < -0.4 is 10.6 Å². The molecule has 0 aliphatic carbocycles. The molecule has 2 aliphatic heterocycles. The molecule has 0 spiro atoms. The summed E-state index contributed by atoms with van der Waals surface area (Å²) in [5.41, 5.74) is 1.28. The lowest BCUT2D eigenvalue weighted by molar-refractivity contribution is -0.141. The summed E-state index contributed by atoms with van der Waals surface area (Å²) in [5, 5.41) is 5.25. The highest BCUT2D eigenvalue weighted by Gasteiger charge is 2.43. The summed E-state index contributed by atoms with van der Waals surface area (Å²) < 4.78 is 53.5. The number of carbonyl (C=O) groups is 6. The van der Waals surface area contributed by atoms with Crippen molar-refractivity contribution in [3.63, 3.8) is 0 Å². The van der Waals surface area contributed by atoms with Gasteiger partial charge in [0.2, 0.25) is 17.7 Å². The van der Waals surface area contributed by atoms with Gasteiger partial charge < -0.3 is 29.7 Å². The second-order valence-corrected chi connectivity index (χ2v) is 25.1. The van der Waals surface area contributed by atoms with Crippen LogP contribution in [0.5, 0.6) is 0 Å². The summed E-state index contributed by atoms with van der Waals surface area (Å²) in [4.78, 5) is 79.9. The molecule has 2 aromatic carbocycles. The van der Waals surface area contributed by atoms with E-state index in [1.54, 1.807) is 17.2 Å². The van der Waals surface area contributed by atoms with Gasteiger partial charge in [-0.3, -0.25) is 28.9 Å². The number of alkyl halides is 1. The molecule has 0 saturated carbocycles. The van der Waals surface area contributed by atoms with Crippen LogP contribution in [0.25, 0.3) is 11.1 Å². The fourth-order valence-electron chi connectivity index (χ4n) is 7.59. The Labute approximate surface area is 378 Å². The van der Waals surface area contributed by atoms with Crippen molar-refractivity contribution in [1.82, 2.24) is 29.9 Å². The Hall–Kier alpha value is -5.36. The van der Waals surface area contributed by atoms with Crippen molar-refractivity contribution in [1.29, 1.82) is 0 Å². The van der Waals surface area contributed by atoms with E-state index in [1.807, 2.05) is 55.7 Å². The topological polar surface area (TPSA) is 150 Å². The number of likely N-dealkylation sites (tertiary alicyclic amines) is 1. The number of nitrogens with zero attached hydrogens (tertiary/aromatic N) is 4. The predicted octanol–water partition coefficient (Wildman–Crippen LogP) is 6.42. The van der Waals surface area contributed by atoms with Gasteiger partial charge in [0, 0.05) is 94.1 Å². The second-order valence-electron chi connectivity index (χ2n) is 18.4. The van der Waals surface area contributed by atoms with Crippen molar-refractivity contribution in [2.24, 2.45) is 11.3 Å². The Morgan fingerprint density at radius 3 is 2.27 bits per heavy atom. The highest BCUT2D eigenvalue weighted by molar-refractivity contribution is 7.99. The fraction of sp³-hybridized carbons (Fsp3) is 0.478. The highest BCUT2D eigenvalue weighted by atomic mass is 32.2. The lowest BCUT2D eigenvalue weighted by Crippen LogP contribution is -2.46. The molecule has 346 valence electrons. The summed E-state index contributed by atoms with van der Waals surface area (Å²) in [6, 6.07) is 14.6. The first-order chi connectivity index (χ1) is 30.2. The van der Waals surface area contributed by atoms with Gasteiger partial charge in [-0.2, -0.15) is 11.8 Å². The van der Waals surface area contributed by atoms with Crippen LogP contribution in [0.3, 0.4) is 0 Å². The summed E-state index contributed by atoms with van der Waals surface area (Å²) in [7, 11) is -1.50. The number of hydrogen-bond donors (Lipinski definition) is 2. The van der Waals surface area contributed by atoms with Crippen LogP contribution in [0.2, 0.25) is 25.7 Å². The monoisotopic (exact) mass is 924 g/mol. The molecule has 3 atom stereocenters. The van der Waals surface area contributed by atoms with Crippen LogP contribution in [-0.2, 0) is 35.3 Å². The number of hydrogen-bond acceptors (Lipinski definition) is 8. The average Bonchev–Trinajstić information content (AvgIpc) is 3.90. The first kappa shape index (κ1) is 49.6. The zero-order valence-electron chi connectivity index (χ0n) is 37.3. The van der Waals surface area contributed by atoms with Gasteiger partial charge in [-0.15, -0.1) is 0 Å². The number of amides is 6. The molecule has 13 nitrogen and oxygen atoms in total. The summed E-state index contributed by atoms with van der Waals surface area (Å²) in [6.07, 6.45) is 1.89. The molecule has 1 aromatic heterocycles. The van der Waals surface area contributed by atoms with Gasteiger partial charge in [-0.05, 0) is 41.3 Å². The zero-order chi connectivity index (χ0) is 46.8. The van der Waals surface area contributed by atoms with Gasteiger partial charge in [0.05, 0.1) is 24.9 Å². The normalized spacial score (nSPS) is 16.9. The minimum Gasteiger partial charge on any atom is -0.450 e. The number of benzene rings is 2. The van der Waals surface area contributed by atoms with E-state index in [2.05, 4.69) is 30.3 Å². The average molecular weight is 925 g/mol. The molecule has 2 aliphatic rings. The minimum absolute atomic E-state index is 0.0256. The lowest BCUT2D eigenvalue weighted by Gasteiger charge is -2.42. The van der Waals surface area contributed by atoms with Gasteiger partial charge in [-0.25, -0.2) is 18.0 Å². The Bertz CT molecular complexity index is 2180. The molecule has 0 bridgehead atoms. The SMILES string of the molecule is CC(C)(C)C(c1cc(-c2cc(F)ccc2F)cn1Cc1ccccc1)N(C[C@@H]1CN(C(=O)OCC[Si](C)(C)C)C[C@@H]1F)C(=O)CSCCC(=O)NCCNC(=O)CN1C(=O)C=CC1=O. The van der Waals surface area contributed by atoms with E-state index in [1.165, 1.54) is 16.7 Å². The van der Waals surface area contributed by atoms with Crippen molar-refractivity contribution in [2.75, 3.05) is 57.4 Å². The number of carbonyl (C=O) groups excluding carboxylic acids is 6. The number of thioether (sulfide) groups is 1. The molecule has 1 saturated heterocycles. The quantitative estimate of drug-likeness (QED) is 0.0750. The highest BCUT2D eigenvalue weighted by Crippen LogP contribution is 2.42. The summed E-state index contributed by atoms with van der Waals surface area (Å²) >= 11 is 1.22. The largest absolute Gasteiger partial charge is 0.450 e. The molecule has 3 heterocycles. The number of nitrogens with one attached hydrogen (secondary N) is 2. The third-order valence-electron chi connectivity index (χ3n) is 10.9. The van der Waals surface area contributed by atoms with E-state index >= 15 is 8.78 Å². The van der Waals surface area contributed by atoms with Crippen molar-refractivity contribution in [3.8, 4) is 11.1 Å². The van der Waals surface area contributed by atoms with Crippen LogP contribution in [0.4, 0.5) is 18.0 Å². The van der Waals surface area contributed by atoms with Gasteiger partial charge >= 0.3 is 6.09 Å². The first-order valence-corrected chi connectivity index (χ1v) is 26.3. The predicted molar refractivity (Wildman–Crippen MR) is 243 cm³/mol. The van der Waals surface area contributed by atoms with Gasteiger partial charge in [0.15, 0.2) is 0 Å². The van der Waals surface area contributed by atoms with E-state index < -0.39 is 73.6 Å². The van der Waals surface area contributed by atoms with Crippen LogP contribution in [0.1, 0.15) is 44.5 Å². The lowest BCUT2D eigenvalue weighted by atomic mass is 9.82. The molecule has 1 unspecified atom stereocenters. The van der Waals surface area contributed by atoms with E-state index in [-0.39, 0.29) is 74.6 Å². The van der Waals surface area contributed by atoms with Crippen molar-refractivity contribution < 1.29 is 46.7 Å². The van der Waals surface area contributed by atoms with Crippen molar-refractivity contribution >= 4 is 55.5 Å². The Balaban J connectivity index is 1.34. The number of rotatable bonds is 20. The van der Waals surface area contributed by atoms with E-state index in [4.69, 9.17) is 4.74 Å². The maximum atomic E-state index is 16.1. The van der Waals surface area contributed by atoms with E-state index in [0.717, 1.165) is 46.9 Å². The number of halogens is 3. The second kappa shape index (κ2) is 22.0. The molecule has 18 heteroatoms. The summed E-state index contributed by atoms with van der Waals surface area (Å²) in [6.45, 7) is 12.4. The number of ether oxygens (including phenoxy) is 1. The third-order valence-corrected chi connectivity index (χ3v) is 13.5. The van der Waals surface area contributed by atoms with E-state index in [9.17, 15) is 33.2 Å². The molecule has 2 N–H and O–H groups in total. The smallest absolute Gasteiger partial charge is 0.409 e. The Kier molecular flexibility index (Phi) is 17.1. The number of aromatic nitrogens is 1. The maximum Gasteiger partial charge on any atom is 0.409 e. The first-order valence-electron chi connectivity index (χ1n) is 21.4. The molecule has 1 fully saturated rings. The molecule has 3 aromatic rings. The molecular weight excluding hydrogens is 866 g/mol. The molecule has 5 rings (SSSR count). The van der Waals surface area contributed by atoms with Crippen LogP contribution in [0, 0.1) is 23.0 Å². The minimum atomic E-state index is -1.50. The van der Waals surface area contributed by atoms with Crippen molar-refractivity contribution in [2.45, 2.75) is 71.6 Å². The zero-order valence-corrected chi connectivity index (χ0v) is 39.2. The maximum absolute atomic E-state index is 16.1. The fourth-order valence-corrected chi connectivity index (χ4v) is 9.12. The van der Waals surface area contributed by atoms with Crippen molar-refractivity contribution in [3.05, 3.63) is 95.8 Å². The molecule has 0 radical (unpaired) electrons. The van der Waals surface area contributed by atoms with E-state index in [0.29, 0.717) is 17.8 Å². The van der Waals surface area contributed by atoms with Gasteiger partial charge in [0.25, 0.3) is 11.8 Å². The summed E-state index contributed by atoms with van der Waals surface area (Å²) in [5.74, 6) is -4.20. The Morgan fingerprint density at radius 2 is 1.61 bits per heavy atom. The Morgan fingerprint density at radius 1 is 0.938 bits per heavy atom. The number of imide groups is 1. The van der Waals surface area contributed by atoms with Gasteiger partial charge in [-0.1, -0.05) is 70.7 Å². The molecule has 64 heavy (non-hydrogen) atoms. The molecular formula is C46H59F3N6O7SSi.